The molecule has 10 nitrogen and oxygen atoms in total. The zero-order chi connectivity index (χ0) is 32.9. The van der Waals surface area contributed by atoms with Gasteiger partial charge in [0.1, 0.15) is 18.3 Å². The van der Waals surface area contributed by atoms with Gasteiger partial charge in [-0.1, -0.05) is 53.2 Å². The number of hydrogen-bond donors (Lipinski definition) is 1. The van der Waals surface area contributed by atoms with E-state index in [1.165, 1.54) is 13.8 Å². The summed E-state index contributed by atoms with van der Waals surface area (Å²) in [7, 11) is 0. The Bertz CT molecular complexity index is 1310. The molecule has 14 atom stereocenters. The van der Waals surface area contributed by atoms with Crippen molar-refractivity contribution in [2.75, 3.05) is 13.2 Å². The Balaban J connectivity index is 1.56. The first kappa shape index (κ1) is 32.5. The van der Waals surface area contributed by atoms with Crippen molar-refractivity contribution in [3.63, 3.8) is 0 Å². The number of aliphatic hydroxyl groups is 1. The van der Waals surface area contributed by atoms with E-state index in [1.807, 2.05) is 20.8 Å². The average molecular weight is 631 g/mol. The number of fused-ring (bicyclic) bond motifs is 4. The smallest absolute Gasteiger partial charge is 0.309 e. The first-order valence-electron chi connectivity index (χ1n) is 16.8. The molecule has 2 aliphatic heterocycles. The van der Waals surface area contributed by atoms with Gasteiger partial charge >= 0.3 is 23.9 Å². The average Bonchev–Trinajstić information content (AvgIpc) is 3.66. The van der Waals surface area contributed by atoms with E-state index in [0.717, 1.165) is 5.57 Å². The number of carbonyl (C=O) groups excluding carboxylic acids is 4. The Morgan fingerprint density at radius 2 is 1.69 bits per heavy atom. The van der Waals surface area contributed by atoms with Crippen LogP contribution in [0.1, 0.15) is 87.5 Å². The largest absolute Gasteiger partial charge is 0.465 e. The Hall–Kier alpha value is -2.46. The third-order valence-electron chi connectivity index (χ3n) is 13.5. The van der Waals surface area contributed by atoms with E-state index >= 15 is 0 Å². The molecule has 45 heavy (non-hydrogen) atoms. The second-order valence-electron chi connectivity index (χ2n) is 15.7. The van der Waals surface area contributed by atoms with Crippen LogP contribution < -0.4 is 0 Å². The number of rotatable bonds is 6. The van der Waals surface area contributed by atoms with Crippen molar-refractivity contribution in [3.05, 3.63) is 11.6 Å². The summed E-state index contributed by atoms with van der Waals surface area (Å²) in [6, 6.07) is 0. The van der Waals surface area contributed by atoms with Crippen LogP contribution in [0.3, 0.4) is 0 Å². The standard InChI is InChI=1S/C35H50O10/c1-9-17(2)31(40)45-30-28-29-32(5,16-42-28)24(38)14-26(44-19(4)37)35(29,8)23-13-25(43-18(3)36)33(6)21(20-12-27(39)41-15-20)10-11-22(33)34(23,30)7/h11,17,20-21,23-26,28-30,38H,9-10,12-16H2,1-8H3/t17-,20-,21+,23+,24-,25+,26+,28-,29+,30-,32-,33+,34+,35+/m1/s1. The SMILES string of the molecule is CC[C@@H](C)C(=O)O[C@@H]1[C@@H]2OC[C@]3(C)[C@H](O)C[C@H](OC(C)=O)[C@@](C)([C@@H]23)[C@H]2C[C@H](OC(C)=O)[C@]3(C)C(=CC[C@H]3[C@H]3COC(=O)C3)[C@]12C. The summed E-state index contributed by atoms with van der Waals surface area (Å²) in [5.41, 5.74) is -1.83. The lowest BCUT2D eigenvalue weighted by Crippen LogP contribution is -2.74. The molecule has 0 aromatic heterocycles. The van der Waals surface area contributed by atoms with Gasteiger partial charge in [-0.15, -0.1) is 0 Å². The maximum absolute atomic E-state index is 13.7. The highest BCUT2D eigenvalue weighted by Crippen LogP contribution is 2.76. The molecule has 1 N–H and O–H groups in total. The van der Waals surface area contributed by atoms with Gasteiger partial charge in [-0.05, 0) is 31.1 Å². The molecule has 250 valence electrons. The molecule has 5 fully saturated rings. The van der Waals surface area contributed by atoms with E-state index in [9.17, 15) is 24.3 Å². The lowest BCUT2D eigenvalue weighted by atomic mass is 9.35. The van der Waals surface area contributed by atoms with Gasteiger partial charge in [-0.3, -0.25) is 19.2 Å². The molecule has 0 amide bonds. The number of hydrogen-bond acceptors (Lipinski definition) is 10. The highest BCUT2D eigenvalue weighted by Gasteiger charge is 2.79. The molecule has 6 aliphatic rings. The normalized spacial score (nSPS) is 48.7. The van der Waals surface area contributed by atoms with Crippen molar-refractivity contribution in [1.29, 1.82) is 0 Å². The zero-order valence-corrected chi connectivity index (χ0v) is 27.9. The van der Waals surface area contributed by atoms with Crippen LogP contribution in [0.2, 0.25) is 0 Å². The Morgan fingerprint density at radius 3 is 2.29 bits per heavy atom. The van der Waals surface area contributed by atoms with Crippen LogP contribution in [0.25, 0.3) is 0 Å². The van der Waals surface area contributed by atoms with E-state index < -0.39 is 64.1 Å². The monoisotopic (exact) mass is 630 g/mol. The molecule has 2 saturated heterocycles. The first-order valence-corrected chi connectivity index (χ1v) is 16.8. The zero-order valence-electron chi connectivity index (χ0n) is 27.9. The minimum absolute atomic E-state index is 0.0373. The number of allylic oxidation sites excluding steroid dienone is 1. The predicted molar refractivity (Wildman–Crippen MR) is 160 cm³/mol. The Morgan fingerprint density at radius 1 is 1.02 bits per heavy atom. The first-order chi connectivity index (χ1) is 21.0. The fourth-order valence-corrected chi connectivity index (χ4v) is 11.3. The summed E-state index contributed by atoms with van der Waals surface area (Å²) in [4.78, 5) is 51.3. The fourth-order valence-electron chi connectivity index (χ4n) is 11.3. The van der Waals surface area contributed by atoms with Crippen LogP contribution >= 0.6 is 0 Å². The van der Waals surface area contributed by atoms with Crippen LogP contribution in [-0.2, 0) is 42.9 Å². The predicted octanol–water partition coefficient (Wildman–Crippen LogP) is 4.16. The van der Waals surface area contributed by atoms with Gasteiger partial charge < -0.3 is 28.8 Å². The van der Waals surface area contributed by atoms with Crippen molar-refractivity contribution in [2.24, 2.45) is 51.2 Å². The van der Waals surface area contributed by atoms with E-state index in [-0.39, 0.29) is 54.6 Å². The van der Waals surface area contributed by atoms with Crippen LogP contribution in [0.5, 0.6) is 0 Å². The van der Waals surface area contributed by atoms with Gasteiger partial charge in [0.15, 0.2) is 0 Å². The van der Waals surface area contributed by atoms with Gasteiger partial charge in [-0.25, -0.2) is 0 Å². The van der Waals surface area contributed by atoms with Crippen molar-refractivity contribution < 1.29 is 48.0 Å². The van der Waals surface area contributed by atoms with Crippen LogP contribution in [0.15, 0.2) is 11.6 Å². The molecule has 0 spiro atoms. The number of aliphatic hydroxyl groups excluding tert-OH is 1. The van der Waals surface area contributed by atoms with Crippen LogP contribution in [-0.4, -0.2) is 72.7 Å². The van der Waals surface area contributed by atoms with E-state index in [2.05, 4.69) is 26.8 Å². The summed E-state index contributed by atoms with van der Waals surface area (Å²) < 4.78 is 31.0. The molecule has 10 heteroatoms. The van der Waals surface area contributed by atoms with Crippen molar-refractivity contribution in [3.8, 4) is 0 Å². The molecule has 0 bridgehead atoms. The van der Waals surface area contributed by atoms with Crippen molar-refractivity contribution >= 4 is 23.9 Å². The lowest BCUT2D eigenvalue weighted by Gasteiger charge is -2.70. The summed E-state index contributed by atoms with van der Waals surface area (Å²) in [6.07, 6.45) is 1.25. The summed E-state index contributed by atoms with van der Waals surface area (Å²) in [6.45, 7) is 15.7. The highest BCUT2D eigenvalue weighted by molar-refractivity contribution is 5.73. The molecular weight excluding hydrogens is 580 g/mol. The third-order valence-corrected chi connectivity index (χ3v) is 13.5. The molecule has 0 unspecified atom stereocenters. The third kappa shape index (κ3) is 4.40. The minimum atomic E-state index is -0.798. The van der Waals surface area contributed by atoms with Gasteiger partial charge in [-0.2, -0.15) is 0 Å². The quantitative estimate of drug-likeness (QED) is 0.259. The summed E-state index contributed by atoms with van der Waals surface area (Å²) in [5, 5.41) is 11.6. The summed E-state index contributed by atoms with van der Waals surface area (Å²) >= 11 is 0. The van der Waals surface area contributed by atoms with Gasteiger partial charge in [0.2, 0.25) is 0 Å². The van der Waals surface area contributed by atoms with E-state index in [4.69, 9.17) is 23.7 Å². The van der Waals surface area contributed by atoms with Crippen LogP contribution in [0.4, 0.5) is 0 Å². The molecular formula is C35H50O10. The van der Waals surface area contributed by atoms with Crippen molar-refractivity contribution in [2.45, 2.75) is 118 Å². The molecule has 0 aromatic rings. The number of esters is 4. The Labute approximate surface area is 265 Å². The second kappa shape index (κ2) is 10.8. The maximum atomic E-state index is 13.7. The topological polar surface area (TPSA) is 135 Å². The molecule has 4 aliphatic carbocycles. The van der Waals surface area contributed by atoms with E-state index in [0.29, 0.717) is 32.3 Å². The molecule has 0 aromatic carbocycles. The second-order valence-corrected chi connectivity index (χ2v) is 15.7. The van der Waals surface area contributed by atoms with Crippen molar-refractivity contribution in [1.82, 2.24) is 0 Å². The molecule has 2 heterocycles. The molecule has 3 saturated carbocycles. The number of ether oxygens (including phenoxy) is 5. The minimum Gasteiger partial charge on any atom is -0.465 e. The fraction of sp³-hybridized carbons (Fsp3) is 0.829. The maximum Gasteiger partial charge on any atom is 0.309 e. The lowest BCUT2D eigenvalue weighted by molar-refractivity contribution is -0.275. The highest BCUT2D eigenvalue weighted by atomic mass is 16.6. The van der Waals surface area contributed by atoms with Gasteiger partial charge in [0.25, 0.3) is 0 Å². The molecule has 0 radical (unpaired) electrons. The Kier molecular flexibility index (Phi) is 7.79. The van der Waals surface area contributed by atoms with Gasteiger partial charge in [0.05, 0.1) is 37.8 Å². The number of cyclic esters (lactones) is 1. The molecule has 6 rings (SSSR count). The van der Waals surface area contributed by atoms with E-state index in [1.54, 1.807) is 0 Å². The number of carbonyl (C=O) groups is 4. The summed E-state index contributed by atoms with van der Waals surface area (Å²) in [5.74, 6) is -2.34. The van der Waals surface area contributed by atoms with Gasteiger partial charge in [0, 0.05) is 53.8 Å². The van der Waals surface area contributed by atoms with Crippen LogP contribution in [0, 0.1) is 51.2 Å².